The molecule has 1 fully saturated rings. The molecule has 2 amide bonds. The Morgan fingerprint density at radius 3 is 2.38 bits per heavy atom. The van der Waals surface area contributed by atoms with E-state index in [2.05, 4.69) is 17.6 Å². The number of carbonyl (C=O) groups is 2. The Labute approximate surface area is 150 Å². The SMILES string of the molecule is CCN(CC)C(=O)c1ccc(NC(=O)[C@H]2CCN[C@@H](C)C2)cc1.Cl. The average molecular weight is 354 g/mol. The van der Waals surface area contributed by atoms with Gasteiger partial charge >= 0.3 is 0 Å². The molecule has 1 aliphatic rings. The first kappa shape index (κ1) is 20.5. The fourth-order valence-corrected chi connectivity index (χ4v) is 3.00. The van der Waals surface area contributed by atoms with Crippen LogP contribution in [0.25, 0.3) is 0 Å². The highest BCUT2D eigenvalue weighted by atomic mass is 35.5. The Hall–Kier alpha value is -1.59. The summed E-state index contributed by atoms with van der Waals surface area (Å²) in [6.07, 6.45) is 1.74. The molecular weight excluding hydrogens is 326 g/mol. The van der Waals surface area contributed by atoms with Crippen LogP contribution in [-0.2, 0) is 4.79 Å². The lowest BCUT2D eigenvalue weighted by Crippen LogP contribution is -2.40. The highest BCUT2D eigenvalue weighted by Gasteiger charge is 2.24. The van der Waals surface area contributed by atoms with Crippen LogP contribution in [0.1, 0.15) is 44.0 Å². The molecule has 0 saturated carbocycles. The van der Waals surface area contributed by atoms with E-state index in [0.717, 1.165) is 25.1 Å². The summed E-state index contributed by atoms with van der Waals surface area (Å²) in [6, 6.07) is 7.55. The summed E-state index contributed by atoms with van der Waals surface area (Å²) in [6.45, 7) is 8.32. The van der Waals surface area contributed by atoms with Gasteiger partial charge in [0.25, 0.3) is 5.91 Å². The van der Waals surface area contributed by atoms with E-state index >= 15 is 0 Å². The molecule has 0 unspecified atom stereocenters. The minimum Gasteiger partial charge on any atom is -0.339 e. The molecule has 2 rings (SSSR count). The molecule has 1 aromatic carbocycles. The molecule has 1 heterocycles. The number of benzene rings is 1. The quantitative estimate of drug-likeness (QED) is 0.855. The van der Waals surface area contributed by atoms with Crippen molar-refractivity contribution in [3.8, 4) is 0 Å². The van der Waals surface area contributed by atoms with Crippen molar-refractivity contribution in [2.24, 2.45) is 5.92 Å². The van der Waals surface area contributed by atoms with Crippen LogP contribution in [0.2, 0.25) is 0 Å². The normalized spacial score (nSPS) is 20.0. The van der Waals surface area contributed by atoms with Gasteiger partial charge in [-0.25, -0.2) is 0 Å². The van der Waals surface area contributed by atoms with Gasteiger partial charge in [-0.2, -0.15) is 0 Å². The van der Waals surface area contributed by atoms with Crippen molar-refractivity contribution in [1.82, 2.24) is 10.2 Å². The van der Waals surface area contributed by atoms with Crippen LogP contribution in [0.3, 0.4) is 0 Å². The largest absolute Gasteiger partial charge is 0.339 e. The highest BCUT2D eigenvalue weighted by Crippen LogP contribution is 2.19. The van der Waals surface area contributed by atoms with Crippen LogP contribution in [0.5, 0.6) is 0 Å². The Morgan fingerprint density at radius 1 is 1.21 bits per heavy atom. The number of carbonyl (C=O) groups excluding carboxylic acids is 2. The summed E-state index contributed by atoms with van der Waals surface area (Å²) >= 11 is 0. The van der Waals surface area contributed by atoms with E-state index in [1.807, 2.05) is 13.8 Å². The molecule has 5 nitrogen and oxygen atoms in total. The number of nitrogens with zero attached hydrogens (tertiary/aromatic N) is 1. The van der Waals surface area contributed by atoms with E-state index < -0.39 is 0 Å². The third-order valence-electron chi connectivity index (χ3n) is 4.44. The standard InChI is InChI=1S/C18H27N3O2.ClH/c1-4-21(5-2)18(23)14-6-8-16(9-7-14)20-17(22)15-10-11-19-13(3)12-15;/h6-9,13,15,19H,4-5,10-12H2,1-3H3,(H,20,22);1H/t13-,15-;/m0./s1. The Bertz CT molecular complexity index is 544. The van der Waals surface area contributed by atoms with Crippen LogP contribution in [0, 0.1) is 5.92 Å². The van der Waals surface area contributed by atoms with Crippen molar-refractivity contribution in [2.45, 2.75) is 39.7 Å². The highest BCUT2D eigenvalue weighted by molar-refractivity contribution is 5.96. The number of halogens is 1. The molecule has 2 N–H and O–H groups in total. The zero-order chi connectivity index (χ0) is 16.8. The topological polar surface area (TPSA) is 61.4 Å². The molecule has 1 aliphatic heterocycles. The van der Waals surface area contributed by atoms with Crippen LogP contribution in [0.15, 0.2) is 24.3 Å². The van der Waals surface area contributed by atoms with Crippen LogP contribution < -0.4 is 10.6 Å². The zero-order valence-electron chi connectivity index (χ0n) is 14.7. The summed E-state index contributed by atoms with van der Waals surface area (Å²) in [7, 11) is 0. The number of hydrogen-bond acceptors (Lipinski definition) is 3. The number of anilines is 1. The van der Waals surface area contributed by atoms with Gasteiger partial charge in [-0.05, 0) is 64.4 Å². The number of nitrogens with one attached hydrogen (secondary N) is 2. The summed E-state index contributed by atoms with van der Waals surface area (Å²) in [5.74, 6) is 0.157. The molecule has 1 aromatic rings. The van der Waals surface area contributed by atoms with Gasteiger partial charge in [0.1, 0.15) is 0 Å². The fourth-order valence-electron chi connectivity index (χ4n) is 3.00. The Balaban J connectivity index is 0.00000288. The number of amides is 2. The van der Waals surface area contributed by atoms with Crippen molar-refractivity contribution >= 4 is 29.9 Å². The van der Waals surface area contributed by atoms with E-state index in [-0.39, 0.29) is 30.1 Å². The second-order valence-corrected chi connectivity index (χ2v) is 6.12. The van der Waals surface area contributed by atoms with Crippen molar-refractivity contribution in [3.63, 3.8) is 0 Å². The van der Waals surface area contributed by atoms with Crippen LogP contribution in [0.4, 0.5) is 5.69 Å². The van der Waals surface area contributed by atoms with E-state index in [4.69, 9.17) is 0 Å². The van der Waals surface area contributed by atoms with Gasteiger partial charge in [-0.15, -0.1) is 12.4 Å². The average Bonchev–Trinajstić information content (AvgIpc) is 2.56. The van der Waals surface area contributed by atoms with Crippen molar-refractivity contribution in [3.05, 3.63) is 29.8 Å². The molecule has 0 aliphatic carbocycles. The lowest BCUT2D eigenvalue weighted by molar-refractivity contribution is -0.120. The molecule has 0 bridgehead atoms. The lowest BCUT2D eigenvalue weighted by atomic mass is 9.92. The Kier molecular flexibility index (Phi) is 8.22. The molecular formula is C18H28ClN3O2. The summed E-state index contributed by atoms with van der Waals surface area (Å²) in [5.41, 5.74) is 1.40. The maximum atomic E-state index is 12.3. The van der Waals surface area contributed by atoms with Gasteiger partial charge < -0.3 is 15.5 Å². The first-order valence-corrected chi connectivity index (χ1v) is 8.48. The minimum absolute atomic E-state index is 0. The third-order valence-corrected chi connectivity index (χ3v) is 4.44. The van der Waals surface area contributed by atoms with Crippen molar-refractivity contribution < 1.29 is 9.59 Å². The molecule has 0 spiro atoms. The molecule has 134 valence electrons. The molecule has 24 heavy (non-hydrogen) atoms. The van der Waals surface area contributed by atoms with Crippen LogP contribution in [-0.4, -0.2) is 42.4 Å². The number of rotatable bonds is 5. The van der Waals surface area contributed by atoms with Crippen molar-refractivity contribution in [2.75, 3.05) is 25.0 Å². The lowest BCUT2D eigenvalue weighted by Gasteiger charge is -2.27. The van der Waals surface area contributed by atoms with Gasteiger partial charge in [0.2, 0.25) is 5.91 Å². The maximum Gasteiger partial charge on any atom is 0.253 e. The molecule has 6 heteroatoms. The molecule has 0 radical (unpaired) electrons. The summed E-state index contributed by atoms with van der Waals surface area (Å²) < 4.78 is 0. The molecule has 0 aromatic heterocycles. The zero-order valence-corrected chi connectivity index (χ0v) is 15.5. The van der Waals surface area contributed by atoms with E-state index in [9.17, 15) is 9.59 Å². The molecule has 1 saturated heterocycles. The second-order valence-electron chi connectivity index (χ2n) is 6.12. The maximum absolute atomic E-state index is 12.3. The van der Waals surface area contributed by atoms with E-state index in [0.29, 0.717) is 24.7 Å². The first-order chi connectivity index (χ1) is 11.0. The van der Waals surface area contributed by atoms with Gasteiger partial charge in [0.05, 0.1) is 0 Å². The first-order valence-electron chi connectivity index (χ1n) is 8.48. The van der Waals surface area contributed by atoms with Gasteiger partial charge in [0.15, 0.2) is 0 Å². The van der Waals surface area contributed by atoms with Gasteiger partial charge in [-0.1, -0.05) is 0 Å². The third kappa shape index (κ3) is 5.21. The van der Waals surface area contributed by atoms with E-state index in [1.54, 1.807) is 29.2 Å². The minimum atomic E-state index is 0. The smallest absolute Gasteiger partial charge is 0.253 e. The monoisotopic (exact) mass is 353 g/mol. The predicted octanol–water partition coefficient (Wildman–Crippen LogP) is 2.92. The summed E-state index contributed by atoms with van der Waals surface area (Å²) in [5, 5.41) is 6.31. The Morgan fingerprint density at radius 2 is 1.83 bits per heavy atom. The fraction of sp³-hybridized carbons (Fsp3) is 0.556. The summed E-state index contributed by atoms with van der Waals surface area (Å²) in [4.78, 5) is 26.4. The van der Waals surface area contributed by atoms with Crippen LogP contribution >= 0.6 is 12.4 Å². The van der Waals surface area contributed by atoms with Gasteiger partial charge in [0, 0.05) is 36.3 Å². The predicted molar refractivity (Wildman–Crippen MR) is 99.8 cm³/mol. The second kappa shape index (κ2) is 9.64. The van der Waals surface area contributed by atoms with E-state index in [1.165, 1.54) is 0 Å². The number of piperidine rings is 1. The van der Waals surface area contributed by atoms with Gasteiger partial charge in [-0.3, -0.25) is 9.59 Å². The molecule has 2 atom stereocenters. The van der Waals surface area contributed by atoms with Crippen molar-refractivity contribution in [1.29, 1.82) is 0 Å². The number of hydrogen-bond donors (Lipinski definition) is 2.